The summed E-state index contributed by atoms with van der Waals surface area (Å²) in [6, 6.07) is 7.20. The highest BCUT2D eigenvalue weighted by Gasteiger charge is 2.16. The zero-order chi connectivity index (χ0) is 16.3. The van der Waals surface area contributed by atoms with E-state index in [2.05, 4.69) is 10.3 Å². The minimum atomic E-state index is -0.917. The van der Waals surface area contributed by atoms with Crippen molar-refractivity contribution in [2.24, 2.45) is 0 Å². The van der Waals surface area contributed by atoms with Crippen LogP contribution in [0.5, 0.6) is 0 Å². The number of benzene rings is 1. The molecule has 0 unspecified atom stereocenters. The van der Waals surface area contributed by atoms with E-state index >= 15 is 0 Å². The van der Waals surface area contributed by atoms with Crippen LogP contribution in [0.2, 0.25) is 0 Å². The van der Waals surface area contributed by atoms with E-state index in [1.807, 2.05) is 32.9 Å². The normalized spacial score (nSPS) is 13.6. The van der Waals surface area contributed by atoms with Gasteiger partial charge in [0.15, 0.2) is 0 Å². The highest BCUT2D eigenvalue weighted by atomic mass is 32.2. The van der Waals surface area contributed by atoms with Gasteiger partial charge < -0.3 is 5.32 Å². The van der Waals surface area contributed by atoms with Crippen LogP contribution in [0.4, 0.5) is 0 Å². The van der Waals surface area contributed by atoms with Crippen LogP contribution >= 0.6 is 11.3 Å². The molecule has 0 aliphatic heterocycles. The Hall–Kier alpha value is -1.53. The van der Waals surface area contributed by atoms with Crippen LogP contribution in [-0.4, -0.2) is 21.4 Å². The van der Waals surface area contributed by atoms with Crippen molar-refractivity contribution in [3.63, 3.8) is 0 Å². The van der Waals surface area contributed by atoms with Crippen molar-refractivity contribution in [2.45, 2.75) is 32.6 Å². The number of amides is 1. The molecule has 6 heteroatoms. The molecule has 2 atom stereocenters. The lowest BCUT2D eigenvalue weighted by Crippen LogP contribution is -2.26. The first kappa shape index (κ1) is 16.8. The molecule has 4 nitrogen and oxygen atoms in total. The van der Waals surface area contributed by atoms with E-state index in [1.54, 1.807) is 29.7 Å². The van der Waals surface area contributed by atoms with Crippen molar-refractivity contribution in [1.82, 2.24) is 10.3 Å². The number of aryl methyl sites for hydroxylation is 2. The predicted octanol–water partition coefficient (Wildman–Crippen LogP) is 3.13. The lowest BCUT2D eigenvalue weighted by Gasteiger charge is -2.13. The quantitative estimate of drug-likeness (QED) is 0.912. The van der Waals surface area contributed by atoms with Crippen LogP contribution in [-0.2, 0) is 16.6 Å². The van der Waals surface area contributed by atoms with Gasteiger partial charge in [-0.1, -0.05) is 12.1 Å². The molecular formula is C16H20N2O2S2. The Balaban J connectivity index is 2.11. The number of nitrogens with zero attached hydrogens (tertiary/aromatic N) is 1. The molecule has 0 radical (unpaired) electrons. The van der Waals surface area contributed by atoms with Gasteiger partial charge in [-0.2, -0.15) is 0 Å². The number of nitrogens with one attached hydrogen (secondary N) is 1. The fraction of sp³-hybridized carbons (Fsp3) is 0.375. The van der Waals surface area contributed by atoms with Gasteiger partial charge in [-0.25, -0.2) is 4.98 Å². The summed E-state index contributed by atoms with van der Waals surface area (Å²) in [5, 5.41) is 4.00. The van der Waals surface area contributed by atoms with Crippen LogP contribution in [0.3, 0.4) is 0 Å². The van der Waals surface area contributed by atoms with E-state index in [4.69, 9.17) is 0 Å². The summed E-state index contributed by atoms with van der Waals surface area (Å²) in [4.78, 5) is 17.9. The van der Waals surface area contributed by atoms with E-state index in [0.29, 0.717) is 11.3 Å². The number of thiazole rings is 1. The summed E-state index contributed by atoms with van der Waals surface area (Å²) in [6.45, 7) is 5.88. The molecule has 1 heterocycles. The molecule has 1 aromatic heterocycles. The first-order chi connectivity index (χ1) is 10.4. The van der Waals surface area contributed by atoms with Crippen LogP contribution in [0, 0.1) is 13.8 Å². The molecular weight excluding hydrogens is 316 g/mol. The molecule has 2 aromatic rings. The van der Waals surface area contributed by atoms with Gasteiger partial charge in [0.25, 0.3) is 5.91 Å². The molecule has 1 aromatic carbocycles. The number of hydrogen-bond acceptors (Lipinski definition) is 4. The number of aromatic nitrogens is 1. The summed E-state index contributed by atoms with van der Waals surface area (Å²) >= 11 is 1.61. The van der Waals surface area contributed by atoms with Crippen LogP contribution in [0.25, 0.3) is 0 Å². The number of rotatable bonds is 5. The maximum Gasteiger partial charge on any atom is 0.251 e. The minimum absolute atomic E-state index is 0.0809. The van der Waals surface area contributed by atoms with E-state index in [9.17, 15) is 9.00 Å². The van der Waals surface area contributed by atoms with Crippen molar-refractivity contribution in [2.75, 3.05) is 6.26 Å². The van der Waals surface area contributed by atoms with Crippen molar-refractivity contribution in [3.8, 4) is 0 Å². The Morgan fingerprint density at radius 1 is 1.41 bits per heavy atom. The van der Waals surface area contributed by atoms with E-state index in [1.165, 1.54) is 0 Å². The van der Waals surface area contributed by atoms with Crippen LogP contribution < -0.4 is 5.32 Å². The lowest BCUT2D eigenvalue weighted by molar-refractivity contribution is 0.0940. The third kappa shape index (κ3) is 4.24. The lowest BCUT2D eigenvalue weighted by atomic mass is 10.1. The minimum Gasteiger partial charge on any atom is -0.345 e. The third-order valence-corrected chi connectivity index (χ3v) is 5.23. The average Bonchev–Trinajstić information content (AvgIpc) is 2.77. The largest absolute Gasteiger partial charge is 0.345 e. The average molecular weight is 336 g/mol. The van der Waals surface area contributed by atoms with Gasteiger partial charge in [-0.15, -0.1) is 11.3 Å². The van der Waals surface area contributed by atoms with Crippen LogP contribution in [0.15, 0.2) is 24.3 Å². The van der Waals surface area contributed by atoms with E-state index in [-0.39, 0.29) is 11.9 Å². The van der Waals surface area contributed by atoms with Gasteiger partial charge in [0, 0.05) is 33.2 Å². The number of hydrogen-bond donors (Lipinski definition) is 1. The maximum atomic E-state index is 12.4. The molecule has 22 heavy (non-hydrogen) atoms. The van der Waals surface area contributed by atoms with Crippen molar-refractivity contribution < 1.29 is 9.00 Å². The van der Waals surface area contributed by atoms with Gasteiger partial charge in [0.05, 0.1) is 16.7 Å². The molecule has 0 aliphatic carbocycles. The zero-order valence-electron chi connectivity index (χ0n) is 13.2. The first-order valence-corrected chi connectivity index (χ1v) is 9.55. The Labute approximate surface area is 137 Å². The smallest absolute Gasteiger partial charge is 0.251 e. The summed E-state index contributed by atoms with van der Waals surface area (Å²) in [6.07, 6.45) is 1.66. The molecule has 0 bridgehead atoms. The summed E-state index contributed by atoms with van der Waals surface area (Å²) in [5.74, 6) is 0.339. The second-order valence-electron chi connectivity index (χ2n) is 5.30. The second kappa shape index (κ2) is 7.15. The third-order valence-electron chi connectivity index (χ3n) is 3.24. The fourth-order valence-electron chi connectivity index (χ4n) is 2.33. The highest BCUT2D eigenvalue weighted by molar-refractivity contribution is 7.83. The molecule has 0 saturated carbocycles. The van der Waals surface area contributed by atoms with Gasteiger partial charge in [0.1, 0.15) is 0 Å². The van der Waals surface area contributed by atoms with Gasteiger partial charge in [-0.05, 0) is 38.5 Å². The van der Waals surface area contributed by atoms with Gasteiger partial charge in [-0.3, -0.25) is 9.00 Å². The van der Waals surface area contributed by atoms with E-state index in [0.717, 1.165) is 21.1 Å². The highest BCUT2D eigenvalue weighted by Crippen LogP contribution is 2.24. The second-order valence-corrected chi connectivity index (χ2v) is 7.97. The molecule has 1 N–H and O–H groups in total. The fourth-order valence-corrected chi connectivity index (χ4v) is 3.91. The molecule has 0 spiro atoms. The summed E-state index contributed by atoms with van der Waals surface area (Å²) in [7, 11) is -0.917. The SMILES string of the molecule is Cc1nc(C)c([C@H](C)NC(=O)c2cccc(C[S@@](C)=O)c2)s1. The zero-order valence-corrected chi connectivity index (χ0v) is 14.8. The summed E-state index contributed by atoms with van der Waals surface area (Å²) < 4.78 is 11.3. The molecule has 0 saturated heterocycles. The number of carbonyl (C=O) groups excluding carboxylic acids is 1. The molecule has 0 aliphatic rings. The number of carbonyl (C=O) groups is 1. The van der Waals surface area contributed by atoms with Crippen molar-refractivity contribution in [1.29, 1.82) is 0 Å². The van der Waals surface area contributed by atoms with Crippen molar-refractivity contribution >= 4 is 28.0 Å². The van der Waals surface area contributed by atoms with Gasteiger partial charge in [0.2, 0.25) is 0 Å². The summed E-state index contributed by atoms with van der Waals surface area (Å²) in [5.41, 5.74) is 2.46. The Bertz CT molecular complexity index is 710. The monoisotopic (exact) mass is 336 g/mol. The predicted molar refractivity (Wildman–Crippen MR) is 91.7 cm³/mol. The molecule has 118 valence electrons. The first-order valence-electron chi connectivity index (χ1n) is 7.00. The topological polar surface area (TPSA) is 59.1 Å². The maximum absolute atomic E-state index is 12.4. The van der Waals surface area contributed by atoms with E-state index < -0.39 is 10.8 Å². The Kier molecular flexibility index (Phi) is 5.47. The standard InChI is InChI=1S/C16H20N2O2S2/c1-10-15(21-12(3)17-10)11(2)18-16(19)14-7-5-6-13(8-14)9-22(4)20/h5-8,11H,9H2,1-4H3,(H,18,19)/t11-,22+/m0/s1. The molecule has 2 rings (SSSR count). The Morgan fingerprint density at radius 2 is 2.14 bits per heavy atom. The molecule has 0 fully saturated rings. The molecule has 1 amide bonds. The van der Waals surface area contributed by atoms with Crippen molar-refractivity contribution in [3.05, 3.63) is 51.0 Å². The van der Waals surface area contributed by atoms with Crippen LogP contribution in [0.1, 0.15) is 44.5 Å². The van der Waals surface area contributed by atoms with Gasteiger partial charge >= 0.3 is 0 Å². The Morgan fingerprint density at radius 3 is 2.73 bits per heavy atom.